The Morgan fingerprint density at radius 1 is 0.900 bits per heavy atom. The van der Waals surface area contributed by atoms with Crippen LogP contribution in [0.3, 0.4) is 0 Å². The van der Waals surface area contributed by atoms with E-state index in [0.29, 0.717) is 0 Å². The fourth-order valence-corrected chi connectivity index (χ4v) is 1.12. The average molecular weight is 158 g/mol. The average Bonchev–Trinajstić information content (AvgIpc) is 1.93. The first-order chi connectivity index (χ1) is 4.83. The number of rotatable bonds is 4. The molecule has 0 saturated carbocycles. The first kappa shape index (κ1) is 13.1. The summed E-state index contributed by atoms with van der Waals surface area (Å²) >= 11 is 0.815. The van der Waals surface area contributed by atoms with E-state index in [2.05, 4.69) is 33.0 Å². The second-order valence-corrected chi connectivity index (χ2v) is 4.27. The molecule has 10 heavy (non-hydrogen) atoms. The maximum absolute atomic E-state index is 3.11. The normalized spacial score (nSPS) is 8.00. The molecular formula is C8H21AlN. The molecule has 1 nitrogen and oxygen atoms in total. The van der Waals surface area contributed by atoms with Crippen LogP contribution >= 0.6 is 0 Å². The van der Waals surface area contributed by atoms with Crippen molar-refractivity contribution in [2.24, 2.45) is 0 Å². The van der Waals surface area contributed by atoms with Gasteiger partial charge in [0, 0.05) is 0 Å². The zero-order valence-corrected chi connectivity index (χ0v) is 9.06. The molecule has 0 aromatic carbocycles. The lowest BCUT2D eigenvalue weighted by molar-refractivity contribution is 0.762. The van der Waals surface area contributed by atoms with Gasteiger partial charge in [0.1, 0.15) is 0 Å². The lowest BCUT2D eigenvalue weighted by atomic mass is 10.7. The summed E-state index contributed by atoms with van der Waals surface area (Å²) in [5, 5.41) is 5.97. The van der Waals surface area contributed by atoms with Crippen LogP contribution in [0.5, 0.6) is 0 Å². The van der Waals surface area contributed by atoms with Crippen molar-refractivity contribution < 1.29 is 0 Å². The minimum absolute atomic E-state index is 0.815. The molecule has 0 aromatic rings. The van der Waals surface area contributed by atoms with Crippen LogP contribution in [0.25, 0.3) is 0 Å². The maximum atomic E-state index is 3.11. The van der Waals surface area contributed by atoms with E-state index < -0.39 is 0 Å². The summed E-state index contributed by atoms with van der Waals surface area (Å²) in [6, 6.07) is 0. The van der Waals surface area contributed by atoms with Crippen LogP contribution in [0.2, 0.25) is 10.6 Å². The fourth-order valence-electron chi connectivity index (χ4n) is 0.539. The minimum Gasteiger partial charge on any atom is -0.317 e. The molecule has 2 heteroatoms. The van der Waals surface area contributed by atoms with Crippen LogP contribution in [-0.4, -0.2) is 28.3 Å². The summed E-state index contributed by atoms with van der Waals surface area (Å²) in [6.07, 6.45) is 0. The van der Waals surface area contributed by atoms with E-state index in [0.717, 1.165) is 28.3 Å². The zero-order chi connectivity index (χ0) is 8.24. The number of nitrogens with one attached hydrogen (secondary N) is 1. The van der Waals surface area contributed by atoms with Gasteiger partial charge in [-0.1, -0.05) is 27.7 Å². The Hall–Kier alpha value is 0.492. The highest BCUT2D eigenvalue weighted by atomic mass is 27.1. The molecular weight excluding hydrogens is 137 g/mol. The van der Waals surface area contributed by atoms with Gasteiger partial charge in [0.2, 0.25) is 0 Å². The second-order valence-electron chi connectivity index (χ2n) is 2.06. The Morgan fingerprint density at radius 2 is 1.30 bits per heavy atom. The third-order valence-electron chi connectivity index (χ3n) is 1.08. The predicted molar refractivity (Wildman–Crippen MR) is 50.9 cm³/mol. The molecule has 0 fully saturated rings. The molecule has 0 bridgehead atoms. The summed E-state index contributed by atoms with van der Waals surface area (Å²) < 4.78 is 0. The van der Waals surface area contributed by atoms with Crippen molar-refractivity contribution in [1.29, 1.82) is 0 Å². The molecule has 1 N–H and O–H groups in total. The van der Waals surface area contributed by atoms with E-state index in [4.69, 9.17) is 0 Å². The molecule has 0 spiro atoms. The van der Waals surface area contributed by atoms with E-state index in [1.165, 1.54) is 10.6 Å². The minimum atomic E-state index is 0.815. The standard InChI is InChI=1S/C4H11N.2C2H5.Al/c1-3-5-4-2;2*1-2;/h5H,3-4H2,1-2H3;2*1H2,2H3;. The van der Waals surface area contributed by atoms with Crippen LogP contribution in [0.1, 0.15) is 27.7 Å². The third kappa shape index (κ3) is 23.6. The van der Waals surface area contributed by atoms with Gasteiger partial charge in [0.25, 0.3) is 0 Å². The Labute approximate surface area is 72.3 Å². The van der Waals surface area contributed by atoms with Crippen LogP contribution in [0.15, 0.2) is 0 Å². The van der Waals surface area contributed by atoms with Crippen LogP contribution in [0, 0.1) is 0 Å². The van der Waals surface area contributed by atoms with Crippen molar-refractivity contribution in [1.82, 2.24) is 5.32 Å². The Morgan fingerprint density at radius 3 is 1.30 bits per heavy atom. The van der Waals surface area contributed by atoms with Gasteiger partial charge in [-0.05, 0) is 13.1 Å². The summed E-state index contributed by atoms with van der Waals surface area (Å²) in [5.74, 6) is 0. The molecule has 0 heterocycles. The molecule has 0 aliphatic rings. The molecule has 61 valence electrons. The van der Waals surface area contributed by atoms with Gasteiger partial charge < -0.3 is 5.32 Å². The molecule has 0 aliphatic carbocycles. The molecule has 0 aromatic heterocycles. The largest absolute Gasteiger partial charge is 0.317 e. The Bertz CT molecular complexity index is 30.2. The lowest BCUT2D eigenvalue weighted by Crippen LogP contribution is -2.09. The van der Waals surface area contributed by atoms with Gasteiger partial charge in [-0.3, -0.25) is 0 Å². The van der Waals surface area contributed by atoms with E-state index >= 15 is 0 Å². The Kier molecular flexibility index (Phi) is 21.3. The fraction of sp³-hybridized carbons (Fsp3) is 1.00. The molecule has 0 rings (SSSR count). The Balaban J connectivity index is 0. The molecule has 0 unspecified atom stereocenters. The lowest BCUT2D eigenvalue weighted by Gasteiger charge is -1.86. The highest BCUT2D eigenvalue weighted by Crippen LogP contribution is 1.77. The summed E-state index contributed by atoms with van der Waals surface area (Å²) in [6.45, 7) is 10.9. The first-order valence-corrected chi connectivity index (χ1v) is 5.99. The van der Waals surface area contributed by atoms with Crippen molar-refractivity contribution in [2.75, 3.05) is 13.1 Å². The summed E-state index contributed by atoms with van der Waals surface area (Å²) in [7, 11) is 0. The maximum Gasteiger partial charge on any atom is 0.198 e. The topological polar surface area (TPSA) is 12.0 Å². The van der Waals surface area contributed by atoms with Gasteiger partial charge in [0.15, 0.2) is 15.2 Å². The zero-order valence-electron chi connectivity index (χ0n) is 7.91. The highest BCUT2D eigenvalue weighted by Gasteiger charge is 1.74. The summed E-state index contributed by atoms with van der Waals surface area (Å²) in [5.41, 5.74) is 0. The van der Waals surface area contributed by atoms with Gasteiger partial charge in [-0.2, -0.15) is 0 Å². The third-order valence-corrected chi connectivity index (χ3v) is 2.23. The number of hydrogen-bond acceptors (Lipinski definition) is 1. The molecule has 1 radical (unpaired) electrons. The van der Waals surface area contributed by atoms with E-state index in [1.54, 1.807) is 0 Å². The van der Waals surface area contributed by atoms with Crippen molar-refractivity contribution >= 4 is 15.2 Å². The van der Waals surface area contributed by atoms with E-state index in [1.807, 2.05) is 0 Å². The van der Waals surface area contributed by atoms with Gasteiger partial charge in [0.05, 0.1) is 0 Å². The van der Waals surface area contributed by atoms with Crippen LogP contribution < -0.4 is 5.32 Å². The highest BCUT2D eigenvalue weighted by molar-refractivity contribution is 6.34. The van der Waals surface area contributed by atoms with Crippen molar-refractivity contribution in [3.05, 3.63) is 0 Å². The smallest absolute Gasteiger partial charge is 0.198 e. The van der Waals surface area contributed by atoms with E-state index in [-0.39, 0.29) is 0 Å². The predicted octanol–water partition coefficient (Wildman–Crippen LogP) is 2.18. The molecule has 0 aliphatic heterocycles. The monoisotopic (exact) mass is 158 g/mol. The number of hydrogen-bond donors (Lipinski definition) is 1. The summed E-state index contributed by atoms with van der Waals surface area (Å²) in [4.78, 5) is 0. The quantitative estimate of drug-likeness (QED) is 0.618. The van der Waals surface area contributed by atoms with Crippen LogP contribution in [0.4, 0.5) is 0 Å². The van der Waals surface area contributed by atoms with Crippen LogP contribution in [-0.2, 0) is 0 Å². The second kappa shape index (κ2) is 16.2. The molecule has 0 atom stereocenters. The molecule has 0 amide bonds. The first-order valence-electron chi connectivity index (χ1n) is 4.35. The van der Waals surface area contributed by atoms with Gasteiger partial charge in [-0.25, -0.2) is 0 Å². The van der Waals surface area contributed by atoms with Crippen molar-refractivity contribution in [2.45, 2.75) is 38.3 Å². The SMILES string of the molecule is CCNCC.C[CH2][Al][CH2]C. The van der Waals surface area contributed by atoms with E-state index in [9.17, 15) is 0 Å². The van der Waals surface area contributed by atoms with Gasteiger partial charge >= 0.3 is 0 Å². The van der Waals surface area contributed by atoms with Crippen molar-refractivity contribution in [3.8, 4) is 0 Å². The molecule has 0 saturated heterocycles. The van der Waals surface area contributed by atoms with Crippen molar-refractivity contribution in [3.63, 3.8) is 0 Å². The van der Waals surface area contributed by atoms with Gasteiger partial charge in [-0.15, -0.1) is 10.6 Å².